The van der Waals surface area contributed by atoms with Crippen molar-refractivity contribution in [2.24, 2.45) is 5.41 Å². The first-order valence-corrected chi connectivity index (χ1v) is 4.58. The van der Waals surface area contributed by atoms with Crippen LogP contribution in [0.1, 0.15) is 25.7 Å². The highest BCUT2D eigenvalue weighted by molar-refractivity contribution is 6.02. The molecule has 0 heterocycles. The predicted molar refractivity (Wildman–Crippen MR) is 50.4 cm³/mol. The third kappa shape index (κ3) is 1.72. The topological polar surface area (TPSA) is 66.4 Å². The Labute approximate surface area is 82.7 Å². The zero-order valence-electron chi connectivity index (χ0n) is 7.88. The summed E-state index contributed by atoms with van der Waals surface area (Å²) < 4.78 is 0. The molecule has 0 aliphatic heterocycles. The van der Waals surface area contributed by atoms with Gasteiger partial charge in [0.25, 0.3) is 0 Å². The van der Waals surface area contributed by atoms with Crippen molar-refractivity contribution in [1.29, 1.82) is 0 Å². The Balaban J connectivity index is 2.50. The number of amides is 1. The SMILES string of the molecule is C#CCCNC(=O)C1(C(=O)O)CCC1. The van der Waals surface area contributed by atoms with Crippen LogP contribution in [-0.4, -0.2) is 23.5 Å². The van der Waals surface area contributed by atoms with Gasteiger partial charge in [-0.3, -0.25) is 9.59 Å². The molecule has 1 aliphatic rings. The van der Waals surface area contributed by atoms with Gasteiger partial charge in [0.2, 0.25) is 5.91 Å². The molecular weight excluding hydrogens is 182 g/mol. The first-order chi connectivity index (χ1) is 6.63. The maximum Gasteiger partial charge on any atom is 0.319 e. The van der Waals surface area contributed by atoms with Crippen LogP contribution in [-0.2, 0) is 9.59 Å². The first-order valence-electron chi connectivity index (χ1n) is 4.58. The van der Waals surface area contributed by atoms with E-state index in [4.69, 9.17) is 11.5 Å². The smallest absolute Gasteiger partial charge is 0.319 e. The van der Waals surface area contributed by atoms with Crippen LogP contribution in [0.5, 0.6) is 0 Å². The maximum atomic E-state index is 11.5. The predicted octanol–water partition coefficient (Wildman–Crippen LogP) is 0.381. The van der Waals surface area contributed by atoms with E-state index < -0.39 is 17.3 Å². The number of aliphatic carboxylic acids is 1. The standard InChI is InChI=1S/C10H13NO3/c1-2-3-7-11-8(12)10(9(13)14)5-4-6-10/h1H,3-7H2,(H,11,12)(H,13,14). The summed E-state index contributed by atoms with van der Waals surface area (Å²) in [7, 11) is 0. The number of hydrogen-bond donors (Lipinski definition) is 2. The number of terminal acetylenes is 1. The van der Waals surface area contributed by atoms with Gasteiger partial charge in [-0.15, -0.1) is 12.3 Å². The van der Waals surface area contributed by atoms with E-state index in [2.05, 4.69) is 11.2 Å². The lowest BCUT2D eigenvalue weighted by Gasteiger charge is -2.35. The van der Waals surface area contributed by atoms with E-state index in [-0.39, 0.29) is 0 Å². The highest BCUT2D eigenvalue weighted by Gasteiger charge is 2.50. The minimum absolute atomic E-state index is 0.352. The Morgan fingerprint density at radius 3 is 2.50 bits per heavy atom. The number of nitrogens with one attached hydrogen (secondary N) is 1. The van der Waals surface area contributed by atoms with Gasteiger partial charge in [-0.25, -0.2) is 0 Å². The molecule has 76 valence electrons. The summed E-state index contributed by atoms with van der Waals surface area (Å²) in [5.41, 5.74) is -1.17. The van der Waals surface area contributed by atoms with Crippen LogP contribution in [0, 0.1) is 17.8 Å². The van der Waals surface area contributed by atoms with Crippen LogP contribution in [0.15, 0.2) is 0 Å². The van der Waals surface area contributed by atoms with Crippen molar-refractivity contribution in [3.05, 3.63) is 0 Å². The number of carbonyl (C=O) groups excluding carboxylic acids is 1. The molecule has 0 radical (unpaired) electrons. The minimum Gasteiger partial charge on any atom is -0.480 e. The van der Waals surface area contributed by atoms with Crippen molar-refractivity contribution in [1.82, 2.24) is 5.32 Å². The van der Waals surface area contributed by atoms with Gasteiger partial charge in [-0.05, 0) is 12.8 Å². The van der Waals surface area contributed by atoms with E-state index in [9.17, 15) is 9.59 Å². The minimum atomic E-state index is -1.17. The number of rotatable bonds is 4. The highest BCUT2D eigenvalue weighted by Crippen LogP contribution is 2.41. The lowest BCUT2D eigenvalue weighted by atomic mass is 9.68. The molecule has 1 saturated carbocycles. The van der Waals surface area contributed by atoms with Gasteiger partial charge in [0.1, 0.15) is 5.41 Å². The molecular formula is C10H13NO3. The van der Waals surface area contributed by atoms with Crippen molar-refractivity contribution in [2.45, 2.75) is 25.7 Å². The van der Waals surface area contributed by atoms with E-state index in [1.165, 1.54) is 0 Å². The second kappa shape index (κ2) is 4.14. The van der Waals surface area contributed by atoms with E-state index in [1.54, 1.807) is 0 Å². The Kier molecular flexibility index (Phi) is 3.13. The average Bonchev–Trinajstić information content (AvgIpc) is 2.01. The van der Waals surface area contributed by atoms with Crippen LogP contribution in [0.4, 0.5) is 0 Å². The van der Waals surface area contributed by atoms with E-state index in [0.717, 1.165) is 6.42 Å². The summed E-state index contributed by atoms with van der Waals surface area (Å²) >= 11 is 0. The first kappa shape index (κ1) is 10.6. The molecule has 0 aromatic heterocycles. The molecule has 2 N–H and O–H groups in total. The normalized spacial score (nSPS) is 17.6. The zero-order valence-corrected chi connectivity index (χ0v) is 7.88. The molecule has 0 spiro atoms. The molecule has 14 heavy (non-hydrogen) atoms. The molecule has 4 nitrogen and oxygen atoms in total. The number of hydrogen-bond acceptors (Lipinski definition) is 2. The van der Waals surface area contributed by atoms with Crippen molar-refractivity contribution in [2.75, 3.05) is 6.54 Å². The molecule has 0 aromatic carbocycles. The molecule has 1 amide bonds. The van der Waals surface area contributed by atoms with Gasteiger partial charge in [0, 0.05) is 13.0 Å². The van der Waals surface area contributed by atoms with Crippen molar-refractivity contribution >= 4 is 11.9 Å². The third-order valence-electron chi connectivity index (χ3n) is 2.61. The Hall–Kier alpha value is -1.50. The fourth-order valence-electron chi connectivity index (χ4n) is 1.49. The lowest BCUT2D eigenvalue weighted by Crippen LogP contribution is -2.51. The molecule has 0 saturated heterocycles. The summed E-state index contributed by atoms with van der Waals surface area (Å²) in [6, 6.07) is 0. The van der Waals surface area contributed by atoms with E-state index in [1.807, 2.05) is 0 Å². The number of carbonyl (C=O) groups is 2. The van der Waals surface area contributed by atoms with Crippen molar-refractivity contribution in [3.63, 3.8) is 0 Å². The Morgan fingerprint density at radius 1 is 1.50 bits per heavy atom. The van der Waals surface area contributed by atoms with Gasteiger partial charge in [0.15, 0.2) is 0 Å². The van der Waals surface area contributed by atoms with Gasteiger partial charge >= 0.3 is 5.97 Å². The Bertz CT molecular complexity index is 286. The highest BCUT2D eigenvalue weighted by atomic mass is 16.4. The molecule has 4 heteroatoms. The van der Waals surface area contributed by atoms with E-state index >= 15 is 0 Å². The lowest BCUT2D eigenvalue weighted by molar-refractivity contribution is -0.162. The molecule has 1 aliphatic carbocycles. The Morgan fingerprint density at radius 2 is 2.14 bits per heavy atom. The summed E-state index contributed by atoms with van der Waals surface area (Å²) in [5, 5.41) is 11.5. The molecule has 0 bridgehead atoms. The van der Waals surface area contributed by atoms with Crippen molar-refractivity contribution < 1.29 is 14.7 Å². The maximum absolute atomic E-state index is 11.5. The van der Waals surface area contributed by atoms with Crippen LogP contribution < -0.4 is 5.32 Å². The molecule has 0 aromatic rings. The van der Waals surface area contributed by atoms with Crippen LogP contribution >= 0.6 is 0 Å². The second-order valence-electron chi connectivity index (χ2n) is 3.45. The summed E-state index contributed by atoms with van der Waals surface area (Å²) in [5.74, 6) is 0.955. The molecule has 0 atom stereocenters. The fourth-order valence-corrected chi connectivity index (χ4v) is 1.49. The zero-order chi connectivity index (χ0) is 10.6. The third-order valence-corrected chi connectivity index (χ3v) is 2.61. The number of carboxylic acid groups (broad SMARTS) is 1. The van der Waals surface area contributed by atoms with Crippen molar-refractivity contribution in [3.8, 4) is 12.3 Å². The van der Waals surface area contributed by atoms with Gasteiger partial charge in [-0.2, -0.15) is 0 Å². The van der Waals surface area contributed by atoms with Crippen LogP contribution in [0.3, 0.4) is 0 Å². The summed E-state index contributed by atoms with van der Waals surface area (Å²) in [6.45, 7) is 0.352. The van der Waals surface area contributed by atoms with Gasteiger partial charge in [0.05, 0.1) is 0 Å². The quantitative estimate of drug-likeness (QED) is 0.387. The van der Waals surface area contributed by atoms with Gasteiger partial charge < -0.3 is 10.4 Å². The summed E-state index contributed by atoms with van der Waals surface area (Å²) in [4.78, 5) is 22.4. The number of carboxylic acids is 1. The fraction of sp³-hybridized carbons (Fsp3) is 0.600. The largest absolute Gasteiger partial charge is 0.480 e. The van der Waals surface area contributed by atoms with Crippen LogP contribution in [0.2, 0.25) is 0 Å². The molecule has 0 unspecified atom stereocenters. The average molecular weight is 195 g/mol. The van der Waals surface area contributed by atoms with Gasteiger partial charge in [-0.1, -0.05) is 6.42 Å². The second-order valence-corrected chi connectivity index (χ2v) is 3.45. The molecule has 1 rings (SSSR count). The van der Waals surface area contributed by atoms with E-state index in [0.29, 0.717) is 25.8 Å². The summed E-state index contributed by atoms with van der Waals surface area (Å²) in [6.07, 6.45) is 7.11. The van der Waals surface area contributed by atoms with Crippen LogP contribution in [0.25, 0.3) is 0 Å². The monoisotopic (exact) mass is 195 g/mol. The molecule has 1 fully saturated rings.